The van der Waals surface area contributed by atoms with Crippen LogP contribution in [0.5, 0.6) is 0 Å². The van der Waals surface area contributed by atoms with Crippen LogP contribution in [0.25, 0.3) is 0 Å². The number of ether oxygens (including phenoxy) is 1. The zero-order valence-electron chi connectivity index (χ0n) is 9.73. The summed E-state index contributed by atoms with van der Waals surface area (Å²) in [7, 11) is 0. The summed E-state index contributed by atoms with van der Waals surface area (Å²) in [6.07, 6.45) is -0.201. The Labute approximate surface area is 103 Å². The third-order valence-corrected chi connectivity index (χ3v) is 2.84. The zero-order chi connectivity index (χ0) is 13.1. The third-order valence-electron chi connectivity index (χ3n) is 2.84. The molecule has 0 aliphatic carbocycles. The van der Waals surface area contributed by atoms with Crippen LogP contribution in [0.3, 0.4) is 0 Å². The van der Waals surface area contributed by atoms with Crippen molar-refractivity contribution in [1.82, 2.24) is 4.90 Å². The molecule has 0 spiro atoms. The number of rotatable bonds is 3. The highest BCUT2D eigenvalue weighted by atomic mass is 19.2. The summed E-state index contributed by atoms with van der Waals surface area (Å²) < 4.78 is 31.0. The predicted octanol–water partition coefficient (Wildman–Crippen LogP) is 0.651. The maximum absolute atomic E-state index is 13.1. The number of halogens is 2. The van der Waals surface area contributed by atoms with Gasteiger partial charge >= 0.3 is 0 Å². The topological polar surface area (TPSA) is 55.6 Å². The first-order valence-corrected chi connectivity index (χ1v) is 5.63. The second kappa shape index (κ2) is 5.41. The van der Waals surface area contributed by atoms with Crippen molar-refractivity contribution in [1.29, 1.82) is 0 Å². The van der Waals surface area contributed by atoms with Crippen LogP contribution < -0.4 is 5.73 Å². The van der Waals surface area contributed by atoms with Gasteiger partial charge in [-0.3, -0.25) is 4.79 Å². The van der Waals surface area contributed by atoms with Gasteiger partial charge in [0.15, 0.2) is 11.6 Å². The highest BCUT2D eigenvalue weighted by Gasteiger charge is 2.25. The van der Waals surface area contributed by atoms with Gasteiger partial charge < -0.3 is 15.4 Å². The minimum absolute atomic E-state index is 0.0223. The molecule has 0 saturated carbocycles. The lowest BCUT2D eigenvalue weighted by molar-refractivity contribution is -0.149. The van der Waals surface area contributed by atoms with Gasteiger partial charge in [-0.25, -0.2) is 8.78 Å². The van der Waals surface area contributed by atoms with Gasteiger partial charge in [-0.15, -0.1) is 0 Å². The minimum Gasteiger partial charge on any atom is -0.365 e. The van der Waals surface area contributed by atoms with Crippen molar-refractivity contribution in [2.75, 3.05) is 19.7 Å². The van der Waals surface area contributed by atoms with E-state index in [2.05, 4.69) is 0 Å². The first-order chi connectivity index (χ1) is 8.60. The Morgan fingerprint density at radius 3 is 2.83 bits per heavy atom. The van der Waals surface area contributed by atoms with Crippen LogP contribution in [-0.4, -0.2) is 36.6 Å². The number of carbonyl (C=O) groups excluding carboxylic acids is 1. The van der Waals surface area contributed by atoms with Gasteiger partial charge in [0.25, 0.3) is 0 Å². The largest absolute Gasteiger partial charge is 0.365 e. The van der Waals surface area contributed by atoms with Crippen LogP contribution in [0.1, 0.15) is 5.56 Å². The lowest BCUT2D eigenvalue weighted by atomic mass is 10.1. The molecular formula is C12H14F2N2O2. The summed E-state index contributed by atoms with van der Waals surface area (Å²) in [6, 6.07) is 3.60. The molecule has 1 aromatic rings. The van der Waals surface area contributed by atoms with Crippen molar-refractivity contribution in [3.8, 4) is 0 Å². The molecule has 1 aromatic carbocycles. The summed E-state index contributed by atoms with van der Waals surface area (Å²) in [6.45, 7) is 0.900. The summed E-state index contributed by atoms with van der Waals surface area (Å²) >= 11 is 0. The number of nitrogens with zero attached hydrogens (tertiary/aromatic N) is 1. The van der Waals surface area contributed by atoms with Gasteiger partial charge in [0.05, 0.1) is 6.10 Å². The Kier molecular flexibility index (Phi) is 3.88. The van der Waals surface area contributed by atoms with E-state index >= 15 is 0 Å². The molecular weight excluding hydrogens is 242 g/mol. The van der Waals surface area contributed by atoms with E-state index in [1.807, 2.05) is 0 Å². The molecule has 4 nitrogen and oxygen atoms in total. The van der Waals surface area contributed by atoms with Gasteiger partial charge in [0.1, 0.15) is 6.61 Å². The molecule has 1 fully saturated rings. The Hall–Kier alpha value is -1.53. The van der Waals surface area contributed by atoms with Crippen LogP contribution in [-0.2, 0) is 16.1 Å². The van der Waals surface area contributed by atoms with Crippen molar-refractivity contribution >= 4 is 5.91 Å². The average Bonchev–Trinajstić information content (AvgIpc) is 2.36. The summed E-state index contributed by atoms with van der Waals surface area (Å²) in [5.41, 5.74) is 6.02. The number of benzene rings is 1. The maximum Gasteiger partial charge on any atom is 0.248 e. The van der Waals surface area contributed by atoms with Gasteiger partial charge in [-0.2, -0.15) is 0 Å². The fourth-order valence-electron chi connectivity index (χ4n) is 1.83. The van der Waals surface area contributed by atoms with E-state index in [0.29, 0.717) is 18.7 Å². The summed E-state index contributed by atoms with van der Waals surface area (Å²) in [5, 5.41) is 0. The number of nitrogens with two attached hydrogens (primary N) is 1. The Balaban J connectivity index is 2.07. The van der Waals surface area contributed by atoms with Gasteiger partial charge in [-0.1, -0.05) is 6.07 Å². The van der Waals surface area contributed by atoms with Gasteiger partial charge in [0, 0.05) is 19.6 Å². The number of amides is 1. The molecule has 2 rings (SSSR count). The SMILES string of the molecule is NCC1CN(Cc2ccc(F)c(F)c2)C(=O)CO1. The predicted molar refractivity (Wildman–Crippen MR) is 60.6 cm³/mol. The van der Waals surface area contributed by atoms with Crippen LogP contribution in [0.2, 0.25) is 0 Å². The fourth-order valence-corrected chi connectivity index (χ4v) is 1.83. The molecule has 98 valence electrons. The molecule has 1 amide bonds. The minimum atomic E-state index is -0.913. The highest BCUT2D eigenvalue weighted by molar-refractivity contribution is 5.78. The maximum atomic E-state index is 13.1. The summed E-state index contributed by atoms with van der Waals surface area (Å²) in [4.78, 5) is 13.1. The molecule has 0 radical (unpaired) electrons. The van der Waals surface area contributed by atoms with Crippen molar-refractivity contribution in [3.63, 3.8) is 0 Å². The molecule has 1 saturated heterocycles. The molecule has 1 atom stereocenters. The standard InChI is InChI=1S/C12H14F2N2O2/c13-10-2-1-8(3-11(10)14)5-16-6-9(4-15)18-7-12(16)17/h1-3,9H,4-7,15H2. The van der Waals surface area contributed by atoms with Crippen molar-refractivity contribution in [2.24, 2.45) is 5.73 Å². The van der Waals surface area contributed by atoms with Gasteiger partial charge in [-0.05, 0) is 17.7 Å². The molecule has 1 aliphatic heterocycles. The molecule has 0 bridgehead atoms. The molecule has 2 N–H and O–H groups in total. The van der Waals surface area contributed by atoms with E-state index in [4.69, 9.17) is 10.5 Å². The highest BCUT2D eigenvalue weighted by Crippen LogP contribution is 2.14. The normalized spacial score (nSPS) is 20.3. The van der Waals surface area contributed by atoms with Crippen LogP contribution >= 0.6 is 0 Å². The van der Waals surface area contributed by atoms with Gasteiger partial charge in [0.2, 0.25) is 5.91 Å². The van der Waals surface area contributed by atoms with E-state index in [9.17, 15) is 13.6 Å². The Bertz CT molecular complexity index is 454. The van der Waals surface area contributed by atoms with E-state index < -0.39 is 11.6 Å². The van der Waals surface area contributed by atoms with Crippen LogP contribution in [0, 0.1) is 11.6 Å². The molecule has 1 unspecified atom stereocenters. The van der Waals surface area contributed by atoms with E-state index in [1.54, 1.807) is 0 Å². The second-order valence-electron chi connectivity index (χ2n) is 4.19. The first-order valence-electron chi connectivity index (χ1n) is 5.63. The summed E-state index contributed by atoms with van der Waals surface area (Å²) in [5.74, 6) is -1.99. The van der Waals surface area contributed by atoms with E-state index in [-0.39, 0.29) is 25.2 Å². The first kappa shape index (κ1) is 12.9. The quantitative estimate of drug-likeness (QED) is 0.864. The second-order valence-corrected chi connectivity index (χ2v) is 4.19. The zero-order valence-corrected chi connectivity index (χ0v) is 9.73. The van der Waals surface area contributed by atoms with Crippen LogP contribution in [0.4, 0.5) is 8.78 Å². The Morgan fingerprint density at radius 2 is 2.17 bits per heavy atom. The molecule has 0 aromatic heterocycles. The lowest BCUT2D eigenvalue weighted by Crippen LogP contribution is -2.48. The average molecular weight is 256 g/mol. The molecule has 1 heterocycles. The number of hydrogen-bond donors (Lipinski definition) is 1. The van der Waals surface area contributed by atoms with Crippen molar-refractivity contribution < 1.29 is 18.3 Å². The monoisotopic (exact) mass is 256 g/mol. The van der Waals surface area contributed by atoms with Crippen molar-refractivity contribution in [2.45, 2.75) is 12.6 Å². The smallest absolute Gasteiger partial charge is 0.248 e. The third kappa shape index (κ3) is 2.83. The van der Waals surface area contributed by atoms with E-state index in [1.165, 1.54) is 11.0 Å². The van der Waals surface area contributed by atoms with Crippen molar-refractivity contribution in [3.05, 3.63) is 35.4 Å². The molecule has 6 heteroatoms. The molecule has 18 heavy (non-hydrogen) atoms. The number of morpholine rings is 1. The molecule has 1 aliphatic rings. The lowest BCUT2D eigenvalue weighted by Gasteiger charge is -2.32. The van der Waals surface area contributed by atoms with Crippen LogP contribution in [0.15, 0.2) is 18.2 Å². The van der Waals surface area contributed by atoms with E-state index in [0.717, 1.165) is 12.1 Å². The Morgan fingerprint density at radius 1 is 1.39 bits per heavy atom. The number of carbonyl (C=O) groups is 1. The number of hydrogen-bond acceptors (Lipinski definition) is 3. The fraction of sp³-hybridized carbons (Fsp3) is 0.417.